The van der Waals surface area contributed by atoms with Gasteiger partial charge in [0.1, 0.15) is 5.82 Å². The number of carbonyl (C=O) groups excluding carboxylic acids is 1. The van der Waals surface area contributed by atoms with Crippen LogP contribution in [-0.2, 0) is 30.1 Å². The Morgan fingerprint density at radius 2 is 1.72 bits per heavy atom. The fourth-order valence-corrected chi connectivity index (χ4v) is 3.33. The maximum absolute atomic E-state index is 13.5. The Bertz CT molecular complexity index is 1440. The number of hydrogen-bond donors (Lipinski definition) is 1. The van der Waals surface area contributed by atoms with Crippen LogP contribution in [0.3, 0.4) is 0 Å². The van der Waals surface area contributed by atoms with Gasteiger partial charge in [-0.15, -0.1) is 0 Å². The first kappa shape index (κ1) is 29.0. The molecule has 2 aromatic heterocycles. The lowest BCUT2D eigenvalue weighted by Crippen LogP contribution is -2.33. The molecule has 202 valence electrons. The third-order valence-corrected chi connectivity index (χ3v) is 5.13. The molecule has 0 radical (unpaired) electrons. The summed E-state index contributed by atoms with van der Waals surface area (Å²) in [5.74, 6) is 6.65. The molecule has 0 aliphatic carbocycles. The van der Waals surface area contributed by atoms with E-state index < -0.39 is 47.3 Å². The van der Waals surface area contributed by atoms with E-state index in [1.54, 1.807) is 19.2 Å². The van der Waals surface area contributed by atoms with Crippen molar-refractivity contribution in [2.75, 3.05) is 11.4 Å². The zero-order valence-corrected chi connectivity index (χ0v) is 20.2. The summed E-state index contributed by atoms with van der Waals surface area (Å²) in [7, 11) is 0. The van der Waals surface area contributed by atoms with Crippen LogP contribution in [0.25, 0.3) is 0 Å². The molecule has 0 spiro atoms. The number of halogens is 7. The van der Waals surface area contributed by atoms with Gasteiger partial charge in [-0.25, -0.2) is 4.39 Å². The van der Waals surface area contributed by atoms with Crippen LogP contribution < -0.4 is 10.2 Å². The largest absolute Gasteiger partial charge is 0.418 e. The van der Waals surface area contributed by atoms with E-state index in [0.717, 1.165) is 22.6 Å². The normalized spacial score (nSPS) is 11.1. The minimum Gasteiger partial charge on any atom is -0.341 e. The number of amides is 1. The fraction of sp³-hybridized carbons (Fsp3) is 0.222. The molecule has 0 fully saturated rings. The molecule has 39 heavy (non-hydrogen) atoms. The molecular formula is C27H19F7N4O. The Morgan fingerprint density at radius 1 is 1.00 bits per heavy atom. The second kappa shape index (κ2) is 12.3. The quantitative estimate of drug-likeness (QED) is 0.256. The first-order chi connectivity index (χ1) is 18.4. The van der Waals surface area contributed by atoms with E-state index in [1.165, 1.54) is 18.3 Å². The van der Waals surface area contributed by atoms with Gasteiger partial charge >= 0.3 is 12.4 Å². The van der Waals surface area contributed by atoms with Gasteiger partial charge in [0, 0.05) is 42.4 Å². The summed E-state index contributed by atoms with van der Waals surface area (Å²) in [5, 5.41) is 2.86. The highest BCUT2D eigenvalue weighted by Crippen LogP contribution is 2.36. The van der Waals surface area contributed by atoms with E-state index in [0.29, 0.717) is 12.1 Å². The van der Waals surface area contributed by atoms with Crippen LogP contribution in [-0.4, -0.2) is 22.4 Å². The van der Waals surface area contributed by atoms with Crippen molar-refractivity contribution in [3.8, 4) is 23.8 Å². The van der Waals surface area contributed by atoms with Crippen molar-refractivity contribution in [2.45, 2.75) is 32.2 Å². The van der Waals surface area contributed by atoms with E-state index in [-0.39, 0.29) is 24.5 Å². The van der Waals surface area contributed by atoms with Crippen molar-refractivity contribution in [3.05, 3.63) is 88.8 Å². The molecule has 0 bridgehead atoms. The van der Waals surface area contributed by atoms with Crippen molar-refractivity contribution >= 4 is 11.6 Å². The van der Waals surface area contributed by atoms with E-state index in [2.05, 4.69) is 39.1 Å². The third kappa shape index (κ3) is 8.20. The van der Waals surface area contributed by atoms with Crippen LogP contribution in [0.4, 0.5) is 36.4 Å². The molecule has 2 heterocycles. The van der Waals surface area contributed by atoms with Gasteiger partial charge in [-0.05, 0) is 48.9 Å². The van der Waals surface area contributed by atoms with Gasteiger partial charge in [0.15, 0.2) is 0 Å². The molecule has 5 nitrogen and oxygen atoms in total. The Morgan fingerprint density at radius 3 is 2.36 bits per heavy atom. The average molecular weight is 548 g/mol. The molecule has 0 saturated carbocycles. The molecule has 1 amide bonds. The van der Waals surface area contributed by atoms with Crippen molar-refractivity contribution < 1.29 is 35.5 Å². The minimum absolute atomic E-state index is 0.0847. The van der Waals surface area contributed by atoms with Gasteiger partial charge in [-0.1, -0.05) is 17.8 Å². The predicted octanol–water partition coefficient (Wildman–Crippen LogP) is 5.35. The van der Waals surface area contributed by atoms with E-state index in [9.17, 15) is 35.5 Å². The van der Waals surface area contributed by atoms with Crippen LogP contribution in [0.15, 0.2) is 55.0 Å². The number of alkyl halides is 6. The molecule has 0 unspecified atom stereocenters. The maximum Gasteiger partial charge on any atom is 0.418 e. The Labute approximate surface area is 219 Å². The van der Waals surface area contributed by atoms with Crippen molar-refractivity contribution in [1.82, 2.24) is 15.3 Å². The third-order valence-electron chi connectivity index (χ3n) is 5.13. The first-order valence-electron chi connectivity index (χ1n) is 11.1. The lowest BCUT2D eigenvalue weighted by atomic mass is 10.1. The number of hydrogen-bond acceptors (Lipinski definition) is 4. The number of pyridine rings is 2. The summed E-state index contributed by atoms with van der Waals surface area (Å²) >= 11 is 0. The van der Waals surface area contributed by atoms with Gasteiger partial charge in [-0.2, -0.15) is 26.3 Å². The van der Waals surface area contributed by atoms with Crippen LogP contribution in [0.1, 0.15) is 34.9 Å². The first-order valence-corrected chi connectivity index (χ1v) is 11.1. The number of benzene rings is 1. The molecular weight excluding hydrogens is 529 g/mol. The second-order valence-electron chi connectivity index (χ2n) is 7.96. The molecule has 1 aromatic carbocycles. The van der Waals surface area contributed by atoms with Crippen LogP contribution in [0, 0.1) is 29.6 Å². The summed E-state index contributed by atoms with van der Waals surface area (Å²) in [6.07, 6.45) is -7.93. The summed E-state index contributed by atoms with van der Waals surface area (Å²) in [4.78, 5) is 21.5. The van der Waals surface area contributed by atoms with Crippen molar-refractivity contribution in [1.29, 1.82) is 0 Å². The van der Waals surface area contributed by atoms with Crippen molar-refractivity contribution in [3.63, 3.8) is 0 Å². The number of aromatic nitrogens is 2. The Balaban J connectivity index is 1.90. The molecule has 0 saturated heterocycles. The molecule has 0 aliphatic rings. The SMILES string of the molecule is CC#CNCc1cncc(C#CCN(C(=O)Cc2ncc(C(F)(F)F)cc2C(F)(F)F)c2ccc(F)cc2)c1. The van der Waals surface area contributed by atoms with E-state index in [1.807, 2.05) is 0 Å². The molecule has 1 N–H and O–H groups in total. The number of anilines is 1. The Kier molecular flexibility index (Phi) is 9.15. The zero-order chi connectivity index (χ0) is 28.6. The topological polar surface area (TPSA) is 58.1 Å². The summed E-state index contributed by atoms with van der Waals surface area (Å²) in [6.45, 7) is 1.74. The van der Waals surface area contributed by atoms with Crippen LogP contribution in [0.2, 0.25) is 0 Å². The van der Waals surface area contributed by atoms with E-state index in [4.69, 9.17) is 0 Å². The molecule has 12 heteroatoms. The number of nitrogens with one attached hydrogen (secondary N) is 1. The minimum atomic E-state index is -5.19. The van der Waals surface area contributed by atoms with Gasteiger partial charge < -0.3 is 10.2 Å². The summed E-state index contributed by atoms with van der Waals surface area (Å²) in [5.41, 5.74) is -2.80. The van der Waals surface area contributed by atoms with Gasteiger partial charge in [0.2, 0.25) is 5.91 Å². The standard InChI is InChI=1S/C27H19F7N4O/c1-2-9-35-15-19-11-18(14-36-16-19)4-3-10-38(22-7-5-21(28)6-8-22)25(39)13-24-23(27(32,33)34)12-20(17-37-24)26(29,30)31/h5-8,11-12,14,16-17,35H,10,13,15H2,1H3. The highest BCUT2D eigenvalue weighted by atomic mass is 19.4. The number of carbonyl (C=O) groups is 1. The number of nitrogens with zero attached hydrogens (tertiary/aromatic N) is 3. The van der Waals surface area contributed by atoms with E-state index >= 15 is 0 Å². The molecule has 3 aromatic rings. The number of rotatable bonds is 6. The lowest BCUT2D eigenvalue weighted by molar-refractivity contribution is -0.143. The summed E-state index contributed by atoms with van der Waals surface area (Å²) < 4.78 is 93.0. The highest BCUT2D eigenvalue weighted by molar-refractivity contribution is 5.95. The van der Waals surface area contributed by atoms with Gasteiger partial charge in [0.05, 0.1) is 29.8 Å². The van der Waals surface area contributed by atoms with Gasteiger partial charge in [0.25, 0.3) is 0 Å². The van der Waals surface area contributed by atoms with Gasteiger partial charge in [-0.3, -0.25) is 14.8 Å². The fourth-order valence-electron chi connectivity index (χ4n) is 3.33. The highest BCUT2D eigenvalue weighted by Gasteiger charge is 2.39. The molecule has 0 aliphatic heterocycles. The predicted molar refractivity (Wildman–Crippen MR) is 128 cm³/mol. The lowest BCUT2D eigenvalue weighted by Gasteiger charge is -2.21. The average Bonchev–Trinajstić information content (AvgIpc) is 2.87. The van der Waals surface area contributed by atoms with Crippen molar-refractivity contribution in [2.24, 2.45) is 0 Å². The molecule has 0 atom stereocenters. The zero-order valence-electron chi connectivity index (χ0n) is 20.2. The van der Waals surface area contributed by atoms with Crippen LogP contribution in [0.5, 0.6) is 0 Å². The second-order valence-corrected chi connectivity index (χ2v) is 7.96. The molecule has 3 rings (SSSR count). The Hall–Kier alpha value is -4.58. The smallest absolute Gasteiger partial charge is 0.341 e. The monoisotopic (exact) mass is 548 g/mol. The maximum atomic E-state index is 13.5. The van der Waals surface area contributed by atoms with Crippen LogP contribution >= 0.6 is 0 Å². The summed E-state index contributed by atoms with van der Waals surface area (Å²) in [6, 6.07) is 8.85.